The highest BCUT2D eigenvalue weighted by atomic mass is 32.2. The number of rotatable bonds is 4. The van der Waals surface area contributed by atoms with Gasteiger partial charge in [-0.1, -0.05) is 24.8 Å². The zero-order chi connectivity index (χ0) is 12.3. The van der Waals surface area contributed by atoms with Gasteiger partial charge in [-0.3, -0.25) is 0 Å². The lowest BCUT2D eigenvalue weighted by Crippen LogP contribution is -2.00. The van der Waals surface area contributed by atoms with E-state index in [9.17, 15) is 0 Å². The van der Waals surface area contributed by atoms with Crippen molar-refractivity contribution in [2.75, 3.05) is 5.75 Å². The number of aromatic nitrogens is 4. The third-order valence-electron chi connectivity index (χ3n) is 2.61. The number of thioether (sulfide) groups is 1. The molecule has 4 nitrogen and oxygen atoms in total. The largest absolute Gasteiger partial charge is 0.214 e. The summed E-state index contributed by atoms with van der Waals surface area (Å²) < 4.78 is 1.80. The van der Waals surface area contributed by atoms with Crippen LogP contribution in [0.15, 0.2) is 23.4 Å². The summed E-state index contributed by atoms with van der Waals surface area (Å²) in [4.78, 5) is 0. The van der Waals surface area contributed by atoms with Crippen LogP contribution in [0.25, 0.3) is 5.69 Å². The maximum absolute atomic E-state index is 4.05. The smallest absolute Gasteiger partial charge is 0.188 e. The zero-order valence-corrected chi connectivity index (χ0v) is 11.2. The Bertz CT molecular complexity index is 507. The van der Waals surface area contributed by atoms with Gasteiger partial charge in [-0.2, -0.15) is 4.68 Å². The molecule has 1 aromatic heterocycles. The van der Waals surface area contributed by atoms with Crippen molar-refractivity contribution in [3.05, 3.63) is 29.3 Å². The topological polar surface area (TPSA) is 43.6 Å². The van der Waals surface area contributed by atoms with Gasteiger partial charge in [0.1, 0.15) is 0 Å². The minimum Gasteiger partial charge on any atom is -0.188 e. The number of benzene rings is 1. The Morgan fingerprint density at radius 3 is 2.76 bits per heavy atom. The summed E-state index contributed by atoms with van der Waals surface area (Å²) in [5, 5.41) is 12.7. The Hall–Kier alpha value is -1.36. The average Bonchev–Trinajstić information content (AvgIpc) is 2.78. The van der Waals surface area contributed by atoms with Crippen LogP contribution in [0.2, 0.25) is 0 Å². The van der Waals surface area contributed by atoms with Gasteiger partial charge in [0.2, 0.25) is 5.16 Å². The molecule has 0 aliphatic carbocycles. The van der Waals surface area contributed by atoms with Crippen molar-refractivity contribution in [2.45, 2.75) is 32.3 Å². The molecule has 0 radical (unpaired) electrons. The summed E-state index contributed by atoms with van der Waals surface area (Å²) in [6, 6.07) is 6.26. The molecule has 17 heavy (non-hydrogen) atoms. The molecule has 2 rings (SSSR count). The number of tetrazole rings is 1. The fraction of sp³-hybridized carbons (Fsp3) is 0.417. The van der Waals surface area contributed by atoms with E-state index in [-0.39, 0.29) is 0 Å². The van der Waals surface area contributed by atoms with Gasteiger partial charge in [-0.05, 0) is 54.0 Å². The maximum Gasteiger partial charge on any atom is 0.214 e. The van der Waals surface area contributed by atoms with E-state index in [4.69, 9.17) is 0 Å². The standard InChI is InChI=1S/C12H16N4S/c1-4-7-17-12-13-14-15-16(12)11-6-5-9(2)10(3)8-11/h5-6,8H,4,7H2,1-3H3. The lowest BCUT2D eigenvalue weighted by Gasteiger charge is -2.06. The highest BCUT2D eigenvalue weighted by Crippen LogP contribution is 2.20. The number of nitrogens with zero attached hydrogens (tertiary/aromatic N) is 4. The van der Waals surface area contributed by atoms with Gasteiger partial charge in [0, 0.05) is 5.75 Å². The van der Waals surface area contributed by atoms with Crippen molar-refractivity contribution in [1.29, 1.82) is 0 Å². The van der Waals surface area contributed by atoms with E-state index >= 15 is 0 Å². The molecule has 0 spiro atoms. The second kappa shape index (κ2) is 5.31. The molecule has 0 amide bonds. The van der Waals surface area contributed by atoms with E-state index in [1.165, 1.54) is 11.1 Å². The Balaban J connectivity index is 2.32. The summed E-state index contributed by atoms with van der Waals surface area (Å²) in [5.41, 5.74) is 3.56. The fourth-order valence-electron chi connectivity index (χ4n) is 1.48. The van der Waals surface area contributed by atoms with E-state index < -0.39 is 0 Å². The van der Waals surface area contributed by atoms with Crippen LogP contribution >= 0.6 is 11.8 Å². The average molecular weight is 248 g/mol. The summed E-state index contributed by atoms with van der Waals surface area (Å²) in [6.45, 7) is 6.35. The SMILES string of the molecule is CCCSc1nnnn1-c1ccc(C)c(C)c1. The van der Waals surface area contributed by atoms with Crippen LogP contribution in [0.5, 0.6) is 0 Å². The van der Waals surface area contributed by atoms with E-state index in [2.05, 4.69) is 54.5 Å². The summed E-state index contributed by atoms with van der Waals surface area (Å²) in [6.07, 6.45) is 1.12. The molecule has 2 aromatic rings. The van der Waals surface area contributed by atoms with Crippen LogP contribution < -0.4 is 0 Å². The molecule has 0 fully saturated rings. The van der Waals surface area contributed by atoms with Gasteiger partial charge in [0.25, 0.3) is 0 Å². The van der Waals surface area contributed by atoms with Gasteiger partial charge in [-0.25, -0.2) is 0 Å². The van der Waals surface area contributed by atoms with Gasteiger partial charge < -0.3 is 0 Å². The van der Waals surface area contributed by atoms with Gasteiger partial charge in [0.15, 0.2) is 0 Å². The second-order valence-corrected chi connectivity index (χ2v) is 5.05. The predicted molar refractivity (Wildman–Crippen MR) is 69.6 cm³/mol. The van der Waals surface area contributed by atoms with Gasteiger partial charge in [0.05, 0.1) is 5.69 Å². The van der Waals surface area contributed by atoms with Crippen molar-refractivity contribution in [2.24, 2.45) is 0 Å². The molecule has 0 aliphatic heterocycles. The Morgan fingerprint density at radius 2 is 2.06 bits per heavy atom. The van der Waals surface area contributed by atoms with E-state index in [0.29, 0.717) is 0 Å². The zero-order valence-electron chi connectivity index (χ0n) is 10.3. The molecule has 0 N–H and O–H groups in total. The molecule has 1 aromatic carbocycles. The molecule has 0 aliphatic rings. The van der Waals surface area contributed by atoms with E-state index in [0.717, 1.165) is 23.0 Å². The summed E-state index contributed by atoms with van der Waals surface area (Å²) in [5.74, 6) is 1.03. The predicted octanol–water partition coefficient (Wildman–Crippen LogP) is 2.78. The summed E-state index contributed by atoms with van der Waals surface area (Å²) in [7, 11) is 0. The van der Waals surface area contributed by atoms with Crippen LogP contribution in [0.1, 0.15) is 24.5 Å². The minimum atomic E-state index is 0.857. The summed E-state index contributed by atoms with van der Waals surface area (Å²) >= 11 is 1.69. The first kappa shape index (κ1) is 12.1. The van der Waals surface area contributed by atoms with Crippen molar-refractivity contribution >= 4 is 11.8 Å². The van der Waals surface area contributed by atoms with Crippen LogP contribution in [-0.2, 0) is 0 Å². The monoisotopic (exact) mass is 248 g/mol. The first-order valence-corrected chi connectivity index (χ1v) is 6.69. The number of hydrogen-bond acceptors (Lipinski definition) is 4. The fourth-order valence-corrected chi connectivity index (χ4v) is 2.23. The van der Waals surface area contributed by atoms with E-state index in [1.54, 1.807) is 16.4 Å². The van der Waals surface area contributed by atoms with Crippen LogP contribution in [0.4, 0.5) is 0 Å². The highest BCUT2D eigenvalue weighted by Gasteiger charge is 2.08. The molecule has 0 atom stereocenters. The van der Waals surface area contributed by atoms with Crippen molar-refractivity contribution < 1.29 is 0 Å². The van der Waals surface area contributed by atoms with Crippen LogP contribution in [0.3, 0.4) is 0 Å². The molecule has 5 heteroatoms. The van der Waals surface area contributed by atoms with Crippen LogP contribution in [-0.4, -0.2) is 26.0 Å². The number of hydrogen-bond donors (Lipinski definition) is 0. The lowest BCUT2D eigenvalue weighted by atomic mass is 10.1. The highest BCUT2D eigenvalue weighted by molar-refractivity contribution is 7.99. The third kappa shape index (κ3) is 2.66. The molecular weight excluding hydrogens is 232 g/mol. The minimum absolute atomic E-state index is 0.857. The molecular formula is C12H16N4S. The number of aryl methyl sites for hydroxylation is 2. The van der Waals surface area contributed by atoms with Gasteiger partial charge in [-0.15, -0.1) is 5.10 Å². The molecule has 90 valence electrons. The first-order valence-electron chi connectivity index (χ1n) is 5.71. The van der Waals surface area contributed by atoms with Crippen molar-refractivity contribution in [3.63, 3.8) is 0 Å². The van der Waals surface area contributed by atoms with Crippen molar-refractivity contribution in [1.82, 2.24) is 20.2 Å². The third-order valence-corrected chi connectivity index (χ3v) is 3.74. The Morgan fingerprint density at radius 1 is 1.24 bits per heavy atom. The Kier molecular flexibility index (Phi) is 3.78. The Labute approximate surface area is 105 Å². The molecule has 0 unspecified atom stereocenters. The lowest BCUT2D eigenvalue weighted by molar-refractivity contribution is 0.755. The van der Waals surface area contributed by atoms with Crippen molar-refractivity contribution in [3.8, 4) is 5.69 Å². The molecule has 1 heterocycles. The first-order chi connectivity index (χ1) is 8.22. The second-order valence-electron chi connectivity index (χ2n) is 3.99. The van der Waals surface area contributed by atoms with E-state index in [1.807, 2.05) is 0 Å². The van der Waals surface area contributed by atoms with Crippen LogP contribution in [0, 0.1) is 13.8 Å². The molecule has 0 saturated heterocycles. The maximum atomic E-state index is 4.05. The molecule has 0 bridgehead atoms. The quantitative estimate of drug-likeness (QED) is 0.780. The normalized spacial score (nSPS) is 10.8. The molecule has 0 saturated carbocycles. The van der Waals surface area contributed by atoms with Gasteiger partial charge >= 0.3 is 0 Å².